The molecule has 3 heterocycles. The molecule has 11 nitrogen and oxygen atoms in total. The van der Waals surface area contributed by atoms with Gasteiger partial charge in [0.25, 0.3) is 0 Å². The molecule has 0 aliphatic carbocycles. The van der Waals surface area contributed by atoms with Crippen molar-refractivity contribution in [3.05, 3.63) is 135 Å². The number of azide groups is 1. The van der Waals surface area contributed by atoms with E-state index in [2.05, 4.69) is 10.0 Å². The van der Waals surface area contributed by atoms with Gasteiger partial charge in [0.2, 0.25) is 5.75 Å². The lowest BCUT2D eigenvalue weighted by atomic mass is 9.84. The molecule has 3 aliphatic rings. The van der Waals surface area contributed by atoms with Gasteiger partial charge in [-0.2, -0.15) is 0 Å². The van der Waals surface area contributed by atoms with Crippen molar-refractivity contribution in [3.8, 4) is 17.2 Å². The number of benzene rings is 4. The number of esters is 1. The van der Waals surface area contributed by atoms with Crippen LogP contribution in [-0.2, 0) is 32.2 Å². The van der Waals surface area contributed by atoms with Crippen LogP contribution < -0.4 is 14.2 Å². The van der Waals surface area contributed by atoms with Crippen molar-refractivity contribution in [2.75, 3.05) is 13.7 Å². The second-order valence-electron chi connectivity index (χ2n) is 11.1. The monoisotopic (exact) mass is 621 g/mol. The molecule has 1 unspecified atom stereocenters. The Bertz CT molecular complexity index is 1730. The van der Waals surface area contributed by atoms with E-state index >= 15 is 0 Å². The summed E-state index contributed by atoms with van der Waals surface area (Å²) in [5.41, 5.74) is 12.9. The zero-order chi connectivity index (χ0) is 31.5. The molecule has 0 amide bonds. The van der Waals surface area contributed by atoms with Crippen LogP contribution in [0.1, 0.15) is 45.0 Å². The van der Waals surface area contributed by atoms with Gasteiger partial charge in [0.05, 0.1) is 19.3 Å². The molecule has 2 fully saturated rings. The van der Waals surface area contributed by atoms with E-state index in [1.165, 1.54) is 7.11 Å². The van der Waals surface area contributed by atoms with Crippen molar-refractivity contribution < 1.29 is 38.0 Å². The highest BCUT2D eigenvalue weighted by Gasteiger charge is 2.55. The van der Waals surface area contributed by atoms with E-state index in [9.17, 15) is 10.3 Å². The number of fused-ring (bicyclic) bond motifs is 4. The van der Waals surface area contributed by atoms with Gasteiger partial charge in [0.15, 0.2) is 17.8 Å². The first kappa shape index (κ1) is 29.6. The van der Waals surface area contributed by atoms with Gasteiger partial charge in [-0.05, 0) is 22.7 Å². The Balaban J connectivity index is 1.28. The number of hydrogen-bond acceptors (Lipinski definition) is 9. The zero-order valence-electron chi connectivity index (χ0n) is 24.9. The highest BCUT2D eigenvalue weighted by atomic mass is 16.7. The predicted molar refractivity (Wildman–Crippen MR) is 164 cm³/mol. The van der Waals surface area contributed by atoms with Crippen molar-refractivity contribution in [3.63, 3.8) is 0 Å². The van der Waals surface area contributed by atoms with Crippen LogP contribution in [0.5, 0.6) is 17.2 Å². The van der Waals surface area contributed by atoms with Crippen LogP contribution in [0.15, 0.2) is 102 Å². The van der Waals surface area contributed by atoms with Gasteiger partial charge in [-0.1, -0.05) is 96.1 Å². The van der Waals surface area contributed by atoms with E-state index in [0.29, 0.717) is 17.1 Å². The highest BCUT2D eigenvalue weighted by Crippen LogP contribution is 2.52. The van der Waals surface area contributed by atoms with Gasteiger partial charge in [-0.25, -0.2) is 4.79 Å². The summed E-state index contributed by atoms with van der Waals surface area (Å²) in [6.07, 6.45) is -3.98. The Kier molecular flexibility index (Phi) is 8.45. The maximum absolute atomic E-state index is 13.8. The maximum atomic E-state index is 13.8. The molecule has 46 heavy (non-hydrogen) atoms. The van der Waals surface area contributed by atoms with E-state index in [0.717, 1.165) is 16.7 Å². The maximum Gasteiger partial charge on any atom is 0.339 e. The Hall–Kier alpha value is -5.06. The lowest BCUT2D eigenvalue weighted by Gasteiger charge is -2.49. The van der Waals surface area contributed by atoms with E-state index in [1.54, 1.807) is 6.07 Å². The lowest BCUT2D eigenvalue weighted by Crippen LogP contribution is -2.60. The minimum absolute atomic E-state index is 0.157. The zero-order valence-corrected chi connectivity index (χ0v) is 24.9. The van der Waals surface area contributed by atoms with Crippen LogP contribution in [0.2, 0.25) is 0 Å². The first-order valence-electron chi connectivity index (χ1n) is 15.0. The van der Waals surface area contributed by atoms with E-state index in [1.807, 2.05) is 91.0 Å². The van der Waals surface area contributed by atoms with E-state index in [4.69, 9.17) is 33.2 Å². The molecule has 7 rings (SSSR count). The second kappa shape index (κ2) is 13.1. The molecule has 3 aliphatic heterocycles. The van der Waals surface area contributed by atoms with Gasteiger partial charge in [0, 0.05) is 16.0 Å². The Morgan fingerprint density at radius 1 is 0.848 bits per heavy atom. The molecular weight excluding hydrogens is 590 g/mol. The number of rotatable bonds is 9. The van der Waals surface area contributed by atoms with E-state index in [-0.39, 0.29) is 31.1 Å². The van der Waals surface area contributed by atoms with Crippen LogP contribution in [0, 0.1) is 0 Å². The minimum atomic E-state index is -1.01. The number of carbonyl (C=O) groups is 1. The molecule has 6 atom stereocenters. The summed E-state index contributed by atoms with van der Waals surface area (Å²) in [6.45, 7) is 0.560. The quantitative estimate of drug-likeness (QED) is 0.0882. The molecule has 0 aromatic heterocycles. The molecule has 234 valence electrons. The fraction of sp³-hybridized carbons (Fsp3) is 0.286. The van der Waals surface area contributed by atoms with Crippen molar-refractivity contribution in [2.45, 2.75) is 50.0 Å². The second-order valence-corrected chi connectivity index (χ2v) is 11.1. The number of ether oxygens (including phenoxy) is 7. The minimum Gasteiger partial charge on any atom is -0.490 e. The SMILES string of the molecule is COc1c(OCc2ccccc2)cc2c(c1OCc1ccccc1)[C@@H]1O[C@@H]3CO[C@@H](c4ccccc4)O[C@H]3C(N=[N+]=[N-])[C@H]1OC2=O. The number of methoxy groups -OCH3 is 1. The Morgan fingerprint density at radius 2 is 1.50 bits per heavy atom. The Labute approximate surface area is 265 Å². The molecule has 11 heteroatoms. The first-order valence-corrected chi connectivity index (χ1v) is 15.0. The first-order chi connectivity index (χ1) is 22.6. The third kappa shape index (κ3) is 5.73. The fourth-order valence-electron chi connectivity index (χ4n) is 6.11. The number of hydrogen-bond donors (Lipinski definition) is 0. The summed E-state index contributed by atoms with van der Waals surface area (Å²) in [5.74, 6) is 0.237. The summed E-state index contributed by atoms with van der Waals surface area (Å²) >= 11 is 0. The Morgan fingerprint density at radius 3 is 2.15 bits per heavy atom. The van der Waals surface area contributed by atoms with Crippen molar-refractivity contribution in [1.82, 2.24) is 0 Å². The lowest BCUT2D eigenvalue weighted by molar-refractivity contribution is -0.309. The summed E-state index contributed by atoms with van der Waals surface area (Å²) in [7, 11) is 1.51. The predicted octanol–water partition coefficient (Wildman–Crippen LogP) is 6.63. The molecule has 0 radical (unpaired) electrons. The summed E-state index contributed by atoms with van der Waals surface area (Å²) in [6, 6.07) is 29.4. The molecule has 0 N–H and O–H groups in total. The molecule has 2 saturated heterocycles. The van der Waals surface area contributed by atoms with Crippen molar-refractivity contribution in [1.29, 1.82) is 0 Å². The van der Waals surface area contributed by atoms with Gasteiger partial charge in [-0.3, -0.25) is 0 Å². The van der Waals surface area contributed by atoms with Crippen molar-refractivity contribution >= 4 is 5.97 Å². The van der Waals surface area contributed by atoms with Gasteiger partial charge >= 0.3 is 5.97 Å². The van der Waals surface area contributed by atoms with Crippen LogP contribution in [-0.4, -0.2) is 44.0 Å². The average molecular weight is 622 g/mol. The summed E-state index contributed by atoms with van der Waals surface area (Å²) in [4.78, 5) is 16.9. The topological polar surface area (TPSA) is 130 Å². The number of carbonyl (C=O) groups excluding carboxylic acids is 1. The summed E-state index contributed by atoms with van der Waals surface area (Å²) < 4.78 is 43.5. The smallest absolute Gasteiger partial charge is 0.339 e. The van der Waals surface area contributed by atoms with Crippen LogP contribution >= 0.6 is 0 Å². The summed E-state index contributed by atoms with van der Waals surface area (Å²) in [5, 5.41) is 4.08. The molecule has 0 bridgehead atoms. The van der Waals surface area contributed by atoms with E-state index < -0.39 is 42.7 Å². The van der Waals surface area contributed by atoms with Crippen LogP contribution in [0.4, 0.5) is 0 Å². The van der Waals surface area contributed by atoms with Gasteiger partial charge < -0.3 is 33.2 Å². The normalized spacial score (nSPS) is 24.7. The average Bonchev–Trinajstić information content (AvgIpc) is 3.11. The molecule has 0 saturated carbocycles. The van der Waals surface area contributed by atoms with Gasteiger partial charge in [-0.15, -0.1) is 0 Å². The number of nitrogens with zero attached hydrogens (tertiary/aromatic N) is 3. The fourth-order valence-corrected chi connectivity index (χ4v) is 6.11. The molecule has 4 aromatic carbocycles. The molecule has 0 spiro atoms. The molecular formula is C35H31N3O8. The third-order valence-corrected chi connectivity index (χ3v) is 8.26. The third-order valence-electron chi connectivity index (χ3n) is 8.26. The van der Waals surface area contributed by atoms with Gasteiger partial charge in [0.1, 0.15) is 43.7 Å². The molecule has 4 aromatic rings. The van der Waals surface area contributed by atoms with Crippen molar-refractivity contribution in [2.24, 2.45) is 5.11 Å². The largest absolute Gasteiger partial charge is 0.490 e. The van der Waals surface area contributed by atoms with Crippen LogP contribution in [0.25, 0.3) is 10.4 Å². The van der Waals surface area contributed by atoms with Crippen LogP contribution in [0.3, 0.4) is 0 Å². The standard InChI is InChI=1S/C35H31N3O8/c1-40-30-25(41-18-21-11-5-2-6-12-21)17-24-27(31(30)42-19-22-13-7-3-8-14-22)32-33(45-34(24)39)28(37-38-36)29-26(44-32)20-43-35(46-29)23-15-9-4-10-16-23/h2-17,26,28-29,32-33,35H,18-20H2,1H3/t26-,28?,29-,32+,33-,35-/m1/s1. The highest BCUT2D eigenvalue weighted by molar-refractivity contribution is 5.95.